The van der Waals surface area contributed by atoms with Gasteiger partial charge in [-0.2, -0.15) is 0 Å². The molecule has 25 heteroatoms. The molecule has 0 saturated heterocycles. The van der Waals surface area contributed by atoms with Crippen LogP contribution in [0.1, 0.15) is 47.0 Å². The first-order valence-electron chi connectivity index (χ1n) is 28.1. The van der Waals surface area contributed by atoms with Gasteiger partial charge in [-0.15, -0.1) is 45.3 Å². The number of aromatic nitrogens is 5. The second-order valence-electron chi connectivity index (χ2n) is 20.7. The second kappa shape index (κ2) is 32.2. The number of ether oxygens (including phenoxy) is 1. The van der Waals surface area contributed by atoms with Crippen LogP contribution in [-0.4, -0.2) is 104 Å². The van der Waals surface area contributed by atoms with Crippen molar-refractivity contribution in [3.05, 3.63) is 193 Å². The molecule has 19 nitrogen and oxygen atoms in total. The van der Waals surface area contributed by atoms with E-state index in [1.54, 1.807) is 53.4 Å². The fourth-order valence-corrected chi connectivity index (χ4v) is 13.1. The van der Waals surface area contributed by atoms with Gasteiger partial charge in [0.05, 0.1) is 77.6 Å². The van der Waals surface area contributed by atoms with Gasteiger partial charge in [-0.3, -0.25) is 43.5 Å². The molecule has 0 aliphatic heterocycles. The number of halogens is 2. The van der Waals surface area contributed by atoms with Crippen molar-refractivity contribution < 1.29 is 53.3 Å². The van der Waals surface area contributed by atoms with Crippen molar-refractivity contribution in [3.8, 4) is 50.6 Å². The molecule has 0 aliphatic rings. The third kappa shape index (κ3) is 18.6. The Labute approximate surface area is 550 Å². The molecule has 10 rings (SSSR count). The van der Waals surface area contributed by atoms with Crippen LogP contribution in [0.25, 0.3) is 44.9 Å². The van der Waals surface area contributed by atoms with Gasteiger partial charge in [0.2, 0.25) is 17.7 Å². The first kappa shape index (κ1) is 68.0. The molecule has 0 fully saturated rings. The van der Waals surface area contributed by atoms with E-state index in [0.29, 0.717) is 54.7 Å². The zero-order valence-electron chi connectivity index (χ0n) is 50.1. The van der Waals surface area contributed by atoms with Crippen LogP contribution in [0.3, 0.4) is 0 Å². The highest BCUT2D eigenvalue weighted by Gasteiger charge is 2.31. The minimum absolute atomic E-state index is 0.176. The van der Waals surface area contributed by atoms with Gasteiger partial charge in [0.1, 0.15) is 11.5 Å². The van der Waals surface area contributed by atoms with Gasteiger partial charge >= 0.3 is 17.9 Å². The minimum atomic E-state index is -1.05. The van der Waals surface area contributed by atoms with E-state index in [1.165, 1.54) is 60.0 Å². The summed E-state index contributed by atoms with van der Waals surface area (Å²) in [5.41, 5.74) is 8.78. The van der Waals surface area contributed by atoms with Crippen molar-refractivity contribution in [1.82, 2.24) is 25.1 Å². The molecule has 91 heavy (non-hydrogen) atoms. The molecule has 5 aromatic heterocycles. The summed E-state index contributed by atoms with van der Waals surface area (Å²) in [7, 11) is 6.48. The number of nitrogens with zero attached hydrogens (tertiary/aromatic N) is 8. The molecular weight excluding hydrogens is 1280 g/mol. The number of thiazole rings is 4. The van der Waals surface area contributed by atoms with Crippen LogP contribution in [0.2, 0.25) is 10.0 Å². The van der Waals surface area contributed by atoms with Crippen molar-refractivity contribution in [2.24, 2.45) is 17.8 Å². The molecule has 3 N–H and O–H groups in total. The summed E-state index contributed by atoms with van der Waals surface area (Å²) in [6.45, 7) is 3.61. The van der Waals surface area contributed by atoms with Crippen molar-refractivity contribution >= 4 is 120 Å². The highest BCUT2D eigenvalue weighted by molar-refractivity contribution is 7.15. The monoisotopic (exact) mass is 1340 g/mol. The van der Waals surface area contributed by atoms with E-state index in [-0.39, 0.29) is 49.8 Å². The molecule has 0 aliphatic carbocycles. The number of aliphatic carboxylic acids is 3. The number of rotatable bonds is 23. The number of methoxy groups -OCH3 is 1. The van der Waals surface area contributed by atoms with Gasteiger partial charge in [-0.25, -0.2) is 19.9 Å². The van der Waals surface area contributed by atoms with Gasteiger partial charge in [0.25, 0.3) is 0 Å². The Bertz CT molecular complexity index is 3990. The summed E-state index contributed by atoms with van der Waals surface area (Å²) in [6.07, 6.45) is 0.000626. The third-order valence-corrected chi connectivity index (χ3v) is 18.3. The summed E-state index contributed by atoms with van der Waals surface area (Å²) in [5.74, 6) is -4.78. The zero-order valence-corrected chi connectivity index (χ0v) is 54.8. The van der Waals surface area contributed by atoms with E-state index >= 15 is 0 Å². The Balaban J connectivity index is 0.000000178. The molecule has 0 saturated carbocycles. The van der Waals surface area contributed by atoms with Crippen molar-refractivity contribution in [3.63, 3.8) is 0 Å². The van der Waals surface area contributed by atoms with E-state index in [1.807, 2.05) is 144 Å². The van der Waals surface area contributed by atoms with E-state index in [4.69, 9.17) is 37.4 Å². The summed E-state index contributed by atoms with van der Waals surface area (Å²) in [4.78, 5) is 95.6. The van der Waals surface area contributed by atoms with Gasteiger partial charge in [-0.05, 0) is 61.2 Å². The largest absolute Gasteiger partial charge is 0.497 e. The smallest absolute Gasteiger partial charge is 0.304 e. The summed E-state index contributed by atoms with van der Waals surface area (Å²) in [5, 5.41) is 42.6. The first-order valence-corrected chi connectivity index (χ1v) is 32.4. The van der Waals surface area contributed by atoms with Gasteiger partial charge < -0.3 is 24.6 Å². The minimum Gasteiger partial charge on any atom is -0.497 e. The molecule has 10 aromatic rings. The molecule has 0 spiro atoms. The molecule has 3 amide bonds. The number of carboxylic acid groups (broad SMARTS) is 3. The van der Waals surface area contributed by atoms with E-state index in [0.717, 1.165) is 55.5 Å². The van der Waals surface area contributed by atoms with Crippen LogP contribution in [0.4, 0.5) is 15.4 Å². The average molecular weight is 1340 g/mol. The predicted molar refractivity (Wildman–Crippen MR) is 358 cm³/mol. The fraction of sp³-hybridized carbons (Fsp3) is 0.227. The Hall–Kier alpha value is -8.97. The Morgan fingerprint density at radius 3 is 1.35 bits per heavy atom. The van der Waals surface area contributed by atoms with E-state index in [9.17, 15) is 44.1 Å². The normalized spacial score (nSPS) is 11.8. The Morgan fingerprint density at radius 1 is 0.495 bits per heavy atom. The summed E-state index contributed by atoms with van der Waals surface area (Å²) < 4.78 is 10.4. The molecule has 3 atom stereocenters. The highest BCUT2D eigenvalue weighted by Crippen LogP contribution is 2.38. The molecule has 0 radical (unpaired) electrons. The maximum atomic E-state index is 13.3. The Kier molecular flexibility index (Phi) is 24.0. The van der Waals surface area contributed by atoms with Crippen LogP contribution in [0.15, 0.2) is 160 Å². The molecule has 470 valence electrons. The molecule has 3 unspecified atom stereocenters. The van der Waals surface area contributed by atoms with Crippen molar-refractivity contribution in [2.75, 3.05) is 43.0 Å². The number of carbonyl (C=O) groups excluding carboxylic acids is 3. The number of benzene rings is 5. The van der Waals surface area contributed by atoms with Crippen LogP contribution < -0.4 is 19.4 Å². The zero-order chi connectivity index (χ0) is 65.3. The Morgan fingerprint density at radius 2 is 0.923 bits per heavy atom. The average Bonchev–Trinajstić information content (AvgIpc) is 2.02. The lowest BCUT2D eigenvalue weighted by molar-refractivity contribution is -0.141. The van der Waals surface area contributed by atoms with E-state index in [2.05, 4.69) is 20.1 Å². The van der Waals surface area contributed by atoms with Crippen LogP contribution >= 0.6 is 68.5 Å². The quantitative estimate of drug-likeness (QED) is 0.0538. The number of carboxylic acids is 3. The number of carbonyl (C=O) groups is 6. The van der Waals surface area contributed by atoms with Gasteiger partial charge in [0, 0.05) is 88.3 Å². The SMILES string of the molecule is COc1cccc(-c2ccccc2-c2csc(N(C)C(=O)C(CC(=O)O)Cc3ccccc3)n2)c1.Cc1cc(CC(CC(=O)O)C(=O)N(C)c2nc(-c3ccccc3Cl)cs2)no1.Cc1nc(CC(CC(=O)O)C(=O)N(C)c2nc(-c3ccccc3Cl)cs2)cs1. The molecule has 0 bridgehead atoms. The van der Waals surface area contributed by atoms with Crippen LogP contribution in [0, 0.1) is 31.6 Å². The molecule has 5 aromatic carbocycles. The lowest BCUT2D eigenvalue weighted by atomic mass is 9.95. The maximum absolute atomic E-state index is 13.3. The standard InChI is InChI=1S/C28H26N2O4S.C19H18ClN3O4S.C19H18ClN3O3S2/c1-30(27(33)21(17-26(31)32)15-19-9-4-3-5-10-19)28-29-25(18-35-28)24-14-7-6-13-23(24)20-11-8-12-22(16-20)34-2;1-11-7-13(22-27-11)8-12(9-17(24)25)18(26)23(2)19-21-16(10-28-19)14-5-3-4-6-15(14)20;1-11-21-13(9-27-11)7-12(8-17(24)25)18(26)23(2)19-22-16(10-28-19)14-5-3-4-6-15(14)20/h3-14,16,18,21H,15,17H2,1-2H3,(H,31,32);3-7,10,12H,8-9H2,1-2H3,(H,24,25);3-6,9-10,12H,7-8H2,1-2H3,(H,24,25). The van der Waals surface area contributed by atoms with Gasteiger partial charge in [0.15, 0.2) is 15.4 Å². The number of hydrogen-bond donors (Lipinski definition) is 3. The maximum Gasteiger partial charge on any atom is 0.304 e. The second-order valence-corrected chi connectivity index (χ2v) is 25.1. The number of amides is 3. The first-order chi connectivity index (χ1) is 43.6. The third-order valence-electron chi connectivity index (χ3n) is 14.1. The molecule has 5 heterocycles. The van der Waals surface area contributed by atoms with E-state index < -0.39 is 35.7 Å². The lowest BCUT2D eigenvalue weighted by Crippen LogP contribution is -2.35. The fourth-order valence-electron chi connectivity index (χ4n) is 9.61. The summed E-state index contributed by atoms with van der Waals surface area (Å²) >= 11 is 17.9. The number of aryl methyl sites for hydroxylation is 2. The topological polar surface area (TPSA) is 260 Å². The number of hydrogen-bond acceptors (Lipinski definition) is 17. The summed E-state index contributed by atoms with van der Waals surface area (Å²) in [6, 6.07) is 41.6. The van der Waals surface area contributed by atoms with Crippen LogP contribution in [0.5, 0.6) is 5.75 Å². The predicted octanol–water partition coefficient (Wildman–Crippen LogP) is 14.4. The van der Waals surface area contributed by atoms with Crippen molar-refractivity contribution in [1.29, 1.82) is 0 Å². The van der Waals surface area contributed by atoms with Gasteiger partial charge in [-0.1, -0.05) is 131 Å². The van der Waals surface area contributed by atoms with Crippen molar-refractivity contribution in [2.45, 2.75) is 52.4 Å². The lowest BCUT2D eigenvalue weighted by Gasteiger charge is -2.21. The number of anilines is 3. The van der Waals surface area contributed by atoms with Crippen LogP contribution in [-0.2, 0) is 48.0 Å². The molecular formula is C66H62Cl2N8O11S4. The highest BCUT2D eigenvalue weighted by atomic mass is 35.5.